The minimum atomic E-state index is -0.0151. The second-order valence-corrected chi connectivity index (χ2v) is 4.80. The average Bonchev–Trinajstić information content (AvgIpc) is 2.20. The zero-order valence-electron chi connectivity index (χ0n) is 9.54. The smallest absolute Gasteiger partial charge is 0.241 e. The Kier molecular flexibility index (Phi) is 4.94. The van der Waals surface area contributed by atoms with Gasteiger partial charge in [0, 0.05) is 18.3 Å². The van der Waals surface area contributed by atoms with Crippen molar-refractivity contribution in [3.63, 3.8) is 0 Å². The van der Waals surface area contributed by atoms with E-state index >= 15 is 0 Å². The molecule has 0 aromatic carbocycles. The van der Waals surface area contributed by atoms with Crippen LogP contribution in [0, 0.1) is 5.92 Å². The van der Waals surface area contributed by atoms with Crippen molar-refractivity contribution >= 4 is 22.8 Å². The average molecular weight is 229 g/mol. The van der Waals surface area contributed by atoms with Crippen LogP contribution in [0.4, 0.5) is 0 Å². The predicted molar refractivity (Wildman–Crippen MR) is 65.2 cm³/mol. The van der Waals surface area contributed by atoms with Gasteiger partial charge in [0.25, 0.3) is 0 Å². The Morgan fingerprint density at radius 3 is 3.00 bits per heavy atom. The molecular formula is C10H19N3OS. The van der Waals surface area contributed by atoms with Crippen molar-refractivity contribution in [2.45, 2.75) is 26.8 Å². The third-order valence-corrected chi connectivity index (χ3v) is 3.64. The molecule has 1 heterocycles. The molecule has 1 fully saturated rings. The maximum atomic E-state index is 11.2. The Hall–Kier alpha value is -0.710. The van der Waals surface area contributed by atoms with E-state index in [1.165, 1.54) is 0 Å². The molecule has 2 unspecified atom stereocenters. The first-order chi connectivity index (χ1) is 7.13. The summed E-state index contributed by atoms with van der Waals surface area (Å²) in [4.78, 5) is 15.4. The second-order valence-electron chi connectivity index (χ2n) is 3.80. The number of hydrogen-bond donors (Lipinski definition) is 2. The van der Waals surface area contributed by atoms with Gasteiger partial charge >= 0.3 is 0 Å². The van der Waals surface area contributed by atoms with Gasteiger partial charge in [-0.1, -0.05) is 18.7 Å². The van der Waals surface area contributed by atoms with Crippen LogP contribution < -0.4 is 10.6 Å². The maximum Gasteiger partial charge on any atom is 0.241 e. The van der Waals surface area contributed by atoms with Gasteiger partial charge < -0.3 is 10.6 Å². The van der Waals surface area contributed by atoms with Gasteiger partial charge in [-0.05, 0) is 19.8 Å². The first kappa shape index (κ1) is 12.4. The lowest BCUT2D eigenvalue weighted by molar-refractivity contribution is -0.119. The fourth-order valence-electron chi connectivity index (χ4n) is 1.22. The van der Waals surface area contributed by atoms with E-state index in [9.17, 15) is 4.79 Å². The number of aliphatic imine (C=N–C) groups is 1. The lowest BCUT2D eigenvalue weighted by atomic mass is 10.1. The number of carbonyl (C=O) groups is 1. The van der Waals surface area contributed by atoms with Crippen molar-refractivity contribution < 1.29 is 4.79 Å². The number of amides is 1. The van der Waals surface area contributed by atoms with E-state index in [-0.39, 0.29) is 12.5 Å². The number of rotatable bonds is 3. The molecule has 0 bridgehead atoms. The highest BCUT2D eigenvalue weighted by molar-refractivity contribution is 8.13. The summed E-state index contributed by atoms with van der Waals surface area (Å²) in [6.07, 6.45) is 0. The van der Waals surface area contributed by atoms with E-state index in [0.717, 1.165) is 10.9 Å². The van der Waals surface area contributed by atoms with Gasteiger partial charge in [0.1, 0.15) is 6.54 Å². The summed E-state index contributed by atoms with van der Waals surface area (Å²) in [7, 11) is 0. The third-order valence-electron chi connectivity index (χ3n) is 2.43. The highest BCUT2D eigenvalue weighted by atomic mass is 32.2. The van der Waals surface area contributed by atoms with Crippen molar-refractivity contribution in [3.05, 3.63) is 0 Å². The fourth-order valence-corrected chi connectivity index (χ4v) is 2.36. The molecule has 0 aromatic rings. The van der Waals surface area contributed by atoms with E-state index in [4.69, 9.17) is 0 Å². The molecule has 0 saturated carbocycles. The van der Waals surface area contributed by atoms with E-state index < -0.39 is 0 Å². The molecule has 1 amide bonds. The van der Waals surface area contributed by atoms with Crippen LogP contribution in [0.3, 0.4) is 0 Å². The Balaban J connectivity index is 2.37. The monoisotopic (exact) mass is 229 g/mol. The predicted octanol–water partition coefficient (Wildman–Crippen LogP) is 0.839. The molecule has 0 spiro atoms. The van der Waals surface area contributed by atoms with E-state index in [2.05, 4.69) is 29.5 Å². The topological polar surface area (TPSA) is 53.5 Å². The highest BCUT2D eigenvalue weighted by Gasteiger charge is 2.20. The minimum Gasteiger partial charge on any atom is -0.362 e. The zero-order valence-corrected chi connectivity index (χ0v) is 10.4. The van der Waals surface area contributed by atoms with Crippen molar-refractivity contribution in [3.8, 4) is 0 Å². The number of hydrogen-bond acceptors (Lipinski definition) is 3. The van der Waals surface area contributed by atoms with Gasteiger partial charge in [-0.2, -0.15) is 0 Å². The van der Waals surface area contributed by atoms with E-state index in [0.29, 0.717) is 18.5 Å². The molecule has 2 atom stereocenters. The SMILES string of the molecule is CCNC(=O)CN=C1NC(C)C(C)CS1. The van der Waals surface area contributed by atoms with E-state index in [1.54, 1.807) is 11.8 Å². The quantitative estimate of drug-likeness (QED) is 0.754. The van der Waals surface area contributed by atoms with Crippen LogP contribution in [-0.4, -0.2) is 36.0 Å². The summed E-state index contributed by atoms with van der Waals surface area (Å²) in [5.74, 6) is 1.71. The molecular weight excluding hydrogens is 210 g/mol. The van der Waals surface area contributed by atoms with Crippen LogP contribution in [0.25, 0.3) is 0 Å². The zero-order chi connectivity index (χ0) is 11.3. The van der Waals surface area contributed by atoms with Gasteiger partial charge in [-0.15, -0.1) is 0 Å². The molecule has 15 heavy (non-hydrogen) atoms. The number of nitrogens with one attached hydrogen (secondary N) is 2. The Labute approximate surface area is 95.3 Å². The number of nitrogens with zero attached hydrogens (tertiary/aromatic N) is 1. The van der Waals surface area contributed by atoms with E-state index in [1.807, 2.05) is 6.92 Å². The van der Waals surface area contributed by atoms with Gasteiger partial charge in [0.05, 0.1) is 0 Å². The van der Waals surface area contributed by atoms with Gasteiger partial charge in [0.2, 0.25) is 5.91 Å². The number of amidine groups is 1. The molecule has 5 heteroatoms. The summed E-state index contributed by atoms with van der Waals surface area (Å²) in [6, 6.07) is 0.444. The normalized spacial score (nSPS) is 28.6. The first-order valence-electron chi connectivity index (χ1n) is 5.34. The molecule has 86 valence electrons. The molecule has 0 radical (unpaired) electrons. The molecule has 4 nitrogen and oxygen atoms in total. The molecule has 1 saturated heterocycles. The highest BCUT2D eigenvalue weighted by Crippen LogP contribution is 2.18. The number of likely N-dealkylation sites (N-methyl/N-ethyl adjacent to an activating group) is 1. The molecule has 1 aliphatic heterocycles. The Morgan fingerprint density at radius 1 is 1.67 bits per heavy atom. The summed E-state index contributed by atoms with van der Waals surface area (Å²) in [6.45, 7) is 7.15. The Bertz CT molecular complexity index is 255. The molecule has 0 aliphatic carbocycles. The van der Waals surface area contributed by atoms with Crippen molar-refractivity contribution in [2.24, 2.45) is 10.9 Å². The largest absolute Gasteiger partial charge is 0.362 e. The van der Waals surface area contributed by atoms with Crippen LogP contribution in [0.15, 0.2) is 4.99 Å². The van der Waals surface area contributed by atoms with Crippen LogP contribution in [0.1, 0.15) is 20.8 Å². The van der Waals surface area contributed by atoms with Gasteiger partial charge in [-0.3, -0.25) is 9.79 Å². The third kappa shape index (κ3) is 4.11. The Morgan fingerprint density at radius 2 is 2.40 bits per heavy atom. The van der Waals surface area contributed by atoms with Crippen LogP contribution in [0.5, 0.6) is 0 Å². The second kappa shape index (κ2) is 6.00. The van der Waals surface area contributed by atoms with Crippen molar-refractivity contribution in [1.29, 1.82) is 0 Å². The maximum absolute atomic E-state index is 11.2. The first-order valence-corrected chi connectivity index (χ1v) is 6.32. The van der Waals surface area contributed by atoms with Crippen molar-refractivity contribution in [1.82, 2.24) is 10.6 Å². The van der Waals surface area contributed by atoms with Crippen LogP contribution >= 0.6 is 11.8 Å². The fraction of sp³-hybridized carbons (Fsp3) is 0.800. The van der Waals surface area contributed by atoms with Gasteiger partial charge in [0.15, 0.2) is 5.17 Å². The molecule has 2 N–H and O–H groups in total. The number of carbonyl (C=O) groups excluding carboxylic acids is 1. The van der Waals surface area contributed by atoms with Crippen LogP contribution in [-0.2, 0) is 4.79 Å². The number of thioether (sulfide) groups is 1. The lowest BCUT2D eigenvalue weighted by Gasteiger charge is -2.28. The van der Waals surface area contributed by atoms with Gasteiger partial charge in [-0.25, -0.2) is 0 Å². The summed E-state index contributed by atoms with van der Waals surface area (Å²) >= 11 is 1.69. The molecule has 1 aliphatic rings. The van der Waals surface area contributed by atoms with Crippen LogP contribution in [0.2, 0.25) is 0 Å². The molecule has 1 rings (SSSR count). The summed E-state index contributed by atoms with van der Waals surface area (Å²) in [5.41, 5.74) is 0. The lowest BCUT2D eigenvalue weighted by Crippen LogP contribution is -2.41. The van der Waals surface area contributed by atoms with Crippen molar-refractivity contribution in [2.75, 3.05) is 18.8 Å². The summed E-state index contributed by atoms with van der Waals surface area (Å²) < 4.78 is 0. The summed E-state index contributed by atoms with van der Waals surface area (Å²) in [5, 5.41) is 6.91. The standard InChI is InChI=1S/C10H19N3OS/c1-4-11-9(14)5-12-10-13-8(3)7(2)6-15-10/h7-8H,4-6H2,1-3H3,(H,11,14)(H,12,13). The molecule has 0 aromatic heterocycles. The minimum absolute atomic E-state index is 0.0151.